The molecule has 0 spiro atoms. The number of hydrogen-bond acceptors (Lipinski definition) is 3. The van der Waals surface area contributed by atoms with Gasteiger partial charge in [0.15, 0.2) is 0 Å². The Morgan fingerprint density at radius 2 is 1.82 bits per heavy atom. The lowest BCUT2D eigenvalue weighted by molar-refractivity contribution is 0.151. The van der Waals surface area contributed by atoms with Crippen LogP contribution in [0.2, 0.25) is 0 Å². The van der Waals surface area contributed by atoms with Gasteiger partial charge in [0.25, 0.3) is 0 Å². The molecular weight excluding hydrogens is 387 g/mol. The predicted molar refractivity (Wildman–Crippen MR) is 102 cm³/mol. The van der Waals surface area contributed by atoms with Crippen LogP contribution in [-0.2, 0) is 0 Å². The summed E-state index contributed by atoms with van der Waals surface area (Å²) in [6.45, 7) is 10.6. The topological polar surface area (TPSA) is 35.5 Å². The number of aryl methyl sites for hydroxylation is 1. The van der Waals surface area contributed by atoms with Crippen LogP contribution in [0.4, 0.5) is 0 Å². The van der Waals surface area contributed by atoms with Gasteiger partial charge in [-0.2, -0.15) is 0 Å². The van der Waals surface area contributed by atoms with Gasteiger partial charge < -0.3 is 10.4 Å². The van der Waals surface area contributed by atoms with Crippen molar-refractivity contribution in [2.75, 3.05) is 26.2 Å². The Morgan fingerprint density at radius 3 is 2.36 bits per heavy atom. The first-order valence-electron chi connectivity index (χ1n) is 7.43. The van der Waals surface area contributed by atoms with Gasteiger partial charge in [0.05, 0.1) is 0 Å². The molecule has 0 unspecified atom stereocenters. The predicted octanol–water partition coefficient (Wildman–Crippen LogP) is 4.30. The summed E-state index contributed by atoms with van der Waals surface area (Å²) in [6, 6.07) is 4.30. The molecule has 1 heterocycles. The van der Waals surface area contributed by atoms with E-state index in [0.29, 0.717) is 11.7 Å². The maximum absolute atomic E-state index is 10.5. The SMILES string of the molecule is Cc1ccc(Br)c([C@H](CC(C)C)N2CCNCC2)c1O.Cl.Cl. The monoisotopic (exact) mass is 412 g/mol. The average Bonchev–Trinajstić information content (AvgIpc) is 2.43. The van der Waals surface area contributed by atoms with Crippen molar-refractivity contribution < 1.29 is 5.11 Å². The van der Waals surface area contributed by atoms with Crippen molar-refractivity contribution in [2.24, 2.45) is 5.92 Å². The fourth-order valence-electron chi connectivity index (χ4n) is 2.90. The molecule has 0 saturated carbocycles. The molecule has 3 nitrogen and oxygen atoms in total. The zero-order valence-electron chi connectivity index (χ0n) is 13.4. The third-order valence-electron chi connectivity index (χ3n) is 3.99. The molecule has 6 heteroatoms. The Labute approximate surface area is 154 Å². The summed E-state index contributed by atoms with van der Waals surface area (Å²) in [6.07, 6.45) is 1.07. The zero-order valence-corrected chi connectivity index (χ0v) is 16.7. The first kappa shape index (κ1) is 22.0. The molecule has 0 amide bonds. The van der Waals surface area contributed by atoms with Crippen molar-refractivity contribution in [1.82, 2.24) is 10.2 Å². The minimum Gasteiger partial charge on any atom is -0.507 e. The Kier molecular flexibility index (Phi) is 9.99. The van der Waals surface area contributed by atoms with Crippen LogP contribution in [0.3, 0.4) is 0 Å². The van der Waals surface area contributed by atoms with Crippen molar-refractivity contribution in [3.8, 4) is 5.75 Å². The fourth-order valence-corrected chi connectivity index (χ4v) is 3.48. The number of benzene rings is 1. The second-order valence-electron chi connectivity index (χ2n) is 6.06. The quantitative estimate of drug-likeness (QED) is 0.772. The number of rotatable bonds is 4. The van der Waals surface area contributed by atoms with Crippen LogP contribution in [0, 0.1) is 12.8 Å². The van der Waals surface area contributed by atoms with Gasteiger partial charge >= 0.3 is 0 Å². The normalized spacial score (nSPS) is 16.8. The van der Waals surface area contributed by atoms with Crippen molar-refractivity contribution in [3.63, 3.8) is 0 Å². The molecule has 1 aromatic rings. The van der Waals surface area contributed by atoms with Gasteiger partial charge in [0.2, 0.25) is 0 Å². The van der Waals surface area contributed by atoms with E-state index in [9.17, 15) is 5.11 Å². The Bertz CT molecular complexity index is 466. The highest BCUT2D eigenvalue weighted by Crippen LogP contribution is 2.40. The third-order valence-corrected chi connectivity index (χ3v) is 4.68. The van der Waals surface area contributed by atoms with E-state index in [1.54, 1.807) is 0 Å². The van der Waals surface area contributed by atoms with Gasteiger partial charge in [0, 0.05) is 42.3 Å². The molecule has 2 N–H and O–H groups in total. The molecule has 2 rings (SSSR count). The molecule has 1 aromatic carbocycles. The van der Waals surface area contributed by atoms with Crippen LogP contribution in [0.5, 0.6) is 5.75 Å². The van der Waals surface area contributed by atoms with Crippen molar-refractivity contribution in [2.45, 2.75) is 33.2 Å². The third kappa shape index (κ3) is 5.27. The Morgan fingerprint density at radius 1 is 1.23 bits per heavy atom. The van der Waals surface area contributed by atoms with Crippen LogP contribution < -0.4 is 5.32 Å². The van der Waals surface area contributed by atoms with Gasteiger partial charge in [-0.3, -0.25) is 4.90 Å². The minimum absolute atomic E-state index is 0. The van der Waals surface area contributed by atoms with Gasteiger partial charge in [-0.05, 0) is 30.9 Å². The summed E-state index contributed by atoms with van der Waals surface area (Å²) < 4.78 is 1.02. The molecule has 128 valence electrons. The number of phenols is 1. The van der Waals surface area contributed by atoms with Gasteiger partial charge in [-0.25, -0.2) is 0 Å². The average molecular weight is 414 g/mol. The second kappa shape index (κ2) is 9.99. The number of hydrogen-bond donors (Lipinski definition) is 2. The summed E-state index contributed by atoms with van der Waals surface area (Å²) in [5, 5.41) is 13.9. The maximum Gasteiger partial charge on any atom is 0.124 e. The minimum atomic E-state index is 0. The standard InChI is InChI=1S/C16H25BrN2O.2ClH/c1-11(2)10-14(19-8-6-18-7-9-19)15-13(17)5-4-12(3)16(15)20;;/h4-5,11,14,18,20H,6-10H2,1-3H3;2*1H/t14-;;/m0../s1. The zero-order chi connectivity index (χ0) is 14.7. The van der Waals surface area contributed by atoms with Crippen molar-refractivity contribution in [3.05, 3.63) is 27.7 Å². The molecule has 1 saturated heterocycles. The highest BCUT2D eigenvalue weighted by atomic mass is 79.9. The molecule has 0 aromatic heterocycles. The smallest absolute Gasteiger partial charge is 0.124 e. The summed E-state index contributed by atoms with van der Waals surface area (Å²) in [4.78, 5) is 2.50. The lowest BCUT2D eigenvalue weighted by Gasteiger charge is -2.37. The number of nitrogens with one attached hydrogen (secondary N) is 1. The van der Waals surface area contributed by atoms with E-state index < -0.39 is 0 Å². The summed E-state index contributed by atoms with van der Waals surface area (Å²) in [5.74, 6) is 1.05. The summed E-state index contributed by atoms with van der Waals surface area (Å²) in [5.41, 5.74) is 2.01. The molecule has 0 aliphatic carbocycles. The van der Waals surface area contributed by atoms with E-state index in [1.807, 2.05) is 13.0 Å². The molecule has 1 aliphatic rings. The fraction of sp³-hybridized carbons (Fsp3) is 0.625. The number of halogens is 3. The molecular formula is C16H27BrCl2N2O. The van der Waals surface area contributed by atoms with E-state index in [0.717, 1.165) is 48.2 Å². The van der Waals surface area contributed by atoms with E-state index in [2.05, 4.69) is 46.1 Å². The van der Waals surface area contributed by atoms with Crippen LogP contribution in [0.25, 0.3) is 0 Å². The number of phenolic OH excluding ortho intramolecular Hbond substituents is 1. The summed E-state index contributed by atoms with van der Waals surface area (Å²) >= 11 is 3.64. The first-order valence-corrected chi connectivity index (χ1v) is 8.22. The van der Waals surface area contributed by atoms with Crippen LogP contribution in [0.1, 0.15) is 37.4 Å². The highest BCUT2D eigenvalue weighted by molar-refractivity contribution is 9.10. The number of nitrogens with zero attached hydrogens (tertiary/aromatic N) is 1. The molecule has 1 fully saturated rings. The van der Waals surface area contributed by atoms with Crippen molar-refractivity contribution >= 4 is 40.7 Å². The summed E-state index contributed by atoms with van der Waals surface area (Å²) in [7, 11) is 0. The van der Waals surface area contributed by atoms with E-state index in [4.69, 9.17) is 0 Å². The molecule has 22 heavy (non-hydrogen) atoms. The Balaban J connectivity index is 0.00000220. The van der Waals surface area contributed by atoms with Gasteiger partial charge in [-0.15, -0.1) is 24.8 Å². The second-order valence-corrected chi connectivity index (χ2v) is 6.91. The lowest BCUT2D eigenvalue weighted by atomic mass is 9.93. The molecule has 0 bridgehead atoms. The van der Waals surface area contributed by atoms with Crippen LogP contribution >= 0.6 is 40.7 Å². The molecule has 1 atom stereocenters. The molecule has 1 aliphatic heterocycles. The lowest BCUT2D eigenvalue weighted by Crippen LogP contribution is -2.45. The highest BCUT2D eigenvalue weighted by Gasteiger charge is 2.27. The van der Waals surface area contributed by atoms with Crippen LogP contribution in [0.15, 0.2) is 16.6 Å². The molecule has 0 radical (unpaired) electrons. The first-order chi connectivity index (χ1) is 9.50. The van der Waals surface area contributed by atoms with E-state index in [-0.39, 0.29) is 30.9 Å². The maximum atomic E-state index is 10.5. The number of aromatic hydroxyl groups is 1. The van der Waals surface area contributed by atoms with E-state index >= 15 is 0 Å². The van der Waals surface area contributed by atoms with Crippen molar-refractivity contribution in [1.29, 1.82) is 0 Å². The number of piperazine rings is 1. The van der Waals surface area contributed by atoms with E-state index in [1.165, 1.54) is 0 Å². The van der Waals surface area contributed by atoms with Gasteiger partial charge in [0.1, 0.15) is 5.75 Å². The van der Waals surface area contributed by atoms with Crippen LogP contribution in [-0.4, -0.2) is 36.2 Å². The Hall–Kier alpha value is -0.000000000000000111. The largest absolute Gasteiger partial charge is 0.507 e. The van der Waals surface area contributed by atoms with Gasteiger partial charge in [-0.1, -0.05) is 35.8 Å².